The van der Waals surface area contributed by atoms with Crippen LogP contribution in [0.5, 0.6) is 0 Å². The molecule has 1 aliphatic rings. The predicted molar refractivity (Wildman–Crippen MR) is 36.8 cm³/mol. The molecule has 0 N–H and O–H groups in total. The maximum Gasteiger partial charge on any atom is 0.107 e. The standard InChI is InChI=1S/C8H8F2/c1-6-2-3-7(9)5-8(10)4-6/h2-4H,5H2,1H3. The van der Waals surface area contributed by atoms with E-state index in [4.69, 9.17) is 0 Å². The minimum atomic E-state index is -0.425. The van der Waals surface area contributed by atoms with Crippen molar-refractivity contribution in [2.75, 3.05) is 0 Å². The van der Waals surface area contributed by atoms with Crippen molar-refractivity contribution in [3.8, 4) is 0 Å². The zero-order chi connectivity index (χ0) is 7.56. The van der Waals surface area contributed by atoms with Gasteiger partial charge in [0.2, 0.25) is 0 Å². The maximum absolute atomic E-state index is 12.5. The molecule has 1 aliphatic carbocycles. The molecule has 0 amide bonds. The fraction of sp³-hybridized carbons (Fsp3) is 0.250. The Balaban J connectivity index is 2.90. The van der Waals surface area contributed by atoms with Crippen LogP contribution < -0.4 is 0 Å². The second-order valence-electron chi connectivity index (χ2n) is 2.29. The molecule has 0 nitrogen and oxygen atoms in total. The summed E-state index contributed by atoms with van der Waals surface area (Å²) in [4.78, 5) is 0. The van der Waals surface area contributed by atoms with Crippen molar-refractivity contribution < 1.29 is 8.78 Å². The van der Waals surface area contributed by atoms with E-state index in [1.54, 1.807) is 13.0 Å². The highest BCUT2D eigenvalue weighted by molar-refractivity contribution is 5.29. The van der Waals surface area contributed by atoms with Crippen molar-refractivity contribution in [3.63, 3.8) is 0 Å². The molecule has 1 rings (SSSR count). The van der Waals surface area contributed by atoms with Gasteiger partial charge in [-0.15, -0.1) is 0 Å². The highest BCUT2D eigenvalue weighted by Crippen LogP contribution is 2.18. The zero-order valence-electron chi connectivity index (χ0n) is 5.70. The third kappa shape index (κ3) is 1.79. The molecule has 2 heteroatoms. The highest BCUT2D eigenvalue weighted by atomic mass is 19.1. The molecule has 0 radical (unpaired) electrons. The number of hydrogen-bond acceptors (Lipinski definition) is 0. The van der Waals surface area contributed by atoms with Gasteiger partial charge in [-0.2, -0.15) is 0 Å². The van der Waals surface area contributed by atoms with Gasteiger partial charge in [0.05, 0.1) is 6.42 Å². The van der Waals surface area contributed by atoms with Gasteiger partial charge in [0.25, 0.3) is 0 Å². The van der Waals surface area contributed by atoms with Gasteiger partial charge in [-0.25, -0.2) is 8.78 Å². The first-order valence-corrected chi connectivity index (χ1v) is 3.07. The van der Waals surface area contributed by atoms with Gasteiger partial charge < -0.3 is 0 Å². The molecular formula is C8H8F2. The summed E-state index contributed by atoms with van der Waals surface area (Å²) in [5.74, 6) is -0.842. The summed E-state index contributed by atoms with van der Waals surface area (Å²) < 4.78 is 24.9. The van der Waals surface area contributed by atoms with Crippen molar-refractivity contribution in [2.24, 2.45) is 0 Å². The largest absolute Gasteiger partial charge is 0.211 e. The molecule has 0 fully saturated rings. The number of rotatable bonds is 0. The van der Waals surface area contributed by atoms with Gasteiger partial charge in [0.15, 0.2) is 0 Å². The van der Waals surface area contributed by atoms with Gasteiger partial charge in [0, 0.05) is 0 Å². The summed E-state index contributed by atoms with van der Waals surface area (Å²) >= 11 is 0. The summed E-state index contributed by atoms with van der Waals surface area (Å²) in [6, 6.07) is 0. The molecule has 0 aromatic heterocycles. The van der Waals surface area contributed by atoms with E-state index >= 15 is 0 Å². The number of allylic oxidation sites excluding steroid dienone is 6. The second kappa shape index (κ2) is 2.78. The van der Waals surface area contributed by atoms with Crippen molar-refractivity contribution in [1.82, 2.24) is 0 Å². The van der Waals surface area contributed by atoms with Gasteiger partial charge >= 0.3 is 0 Å². The normalized spacial score (nSPS) is 18.9. The lowest BCUT2D eigenvalue weighted by atomic mass is 10.2. The molecule has 0 unspecified atom stereocenters. The van der Waals surface area contributed by atoms with Crippen LogP contribution in [-0.2, 0) is 0 Å². The minimum absolute atomic E-state index is 0.201. The van der Waals surface area contributed by atoms with Gasteiger partial charge in [-0.1, -0.05) is 6.08 Å². The highest BCUT2D eigenvalue weighted by Gasteiger charge is 2.02. The Kier molecular flexibility index (Phi) is 2.00. The number of hydrogen-bond donors (Lipinski definition) is 0. The summed E-state index contributed by atoms with van der Waals surface area (Å²) in [7, 11) is 0. The SMILES string of the molecule is CC1=CC=C(F)CC(F)=C1. The Morgan fingerprint density at radius 3 is 2.60 bits per heavy atom. The minimum Gasteiger partial charge on any atom is -0.211 e. The van der Waals surface area contributed by atoms with Crippen LogP contribution in [-0.4, -0.2) is 0 Å². The third-order valence-electron chi connectivity index (χ3n) is 1.25. The fourth-order valence-corrected chi connectivity index (χ4v) is 0.788. The van der Waals surface area contributed by atoms with E-state index in [0.717, 1.165) is 5.57 Å². The van der Waals surface area contributed by atoms with E-state index in [2.05, 4.69) is 0 Å². The third-order valence-corrected chi connectivity index (χ3v) is 1.25. The summed E-state index contributed by atoms with van der Waals surface area (Å²) in [6.45, 7) is 1.73. The Hall–Kier alpha value is -0.920. The molecule has 0 atom stereocenters. The predicted octanol–water partition coefficient (Wildman–Crippen LogP) is 3.04. The zero-order valence-corrected chi connectivity index (χ0v) is 5.70. The Morgan fingerprint density at radius 1 is 1.20 bits per heavy atom. The molecule has 0 aromatic rings. The van der Waals surface area contributed by atoms with E-state index in [9.17, 15) is 8.78 Å². The molecule has 0 bridgehead atoms. The second-order valence-corrected chi connectivity index (χ2v) is 2.29. The van der Waals surface area contributed by atoms with Crippen LogP contribution in [0.2, 0.25) is 0 Å². The lowest BCUT2D eigenvalue weighted by molar-refractivity contribution is 0.543. The van der Waals surface area contributed by atoms with Crippen molar-refractivity contribution >= 4 is 0 Å². The van der Waals surface area contributed by atoms with Gasteiger partial charge in [-0.05, 0) is 24.6 Å². The molecule has 0 saturated heterocycles. The molecule has 10 heavy (non-hydrogen) atoms. The molecule has 0 aromatic carbocycles. The Morgan fingerprint density at radius 2 is 1.90 bits per heavy atom. The van der Waals surface area contributed by atoms with E-state index in [0.29, 0.717) is 0 Å². The molecular weight excluding hydrogens is 134 g/mol. The molecule has 0 heterocycles. The fourth-order valence-electron chi connectivity index (χ4n) is 0.788. The summed E-state index contributed by atoms with van der Waals surface area (Å²) in [6.07, 6.45) is 3.98. The number of halogens is 2. The lowest BCUT2D eigenvalue weighted by Crippen LogP contribution is -1.73. The molecule has 0 aliphatic heterocycles. The maximum atomic E-state index is 12.5. The van der Waals surface area contributed by atoms with Crippen molar-refractivity contribution in [1.29, 1.82) is 0 Å². The van der Waals surface area contributed by atoms with Crippen LogP contribution in [0.1, 0.15) is 13.3 Å². The molecule has 54 valence electrons. The molecule has 0 spiro atoms. The van der Waals surface area contributed by atoms with E-state index in [1.807, 2.05) is 0 Å². The monoisotopic (exact) mass is 142 g/mol. The molecule has 0 saturated carbocycles. The van der Waals surface area contributed by atoms with Crippen LogP contribution >= 0.6 is 0 Å². The van der Waals surface area contributed by atoms with Gasteiger partial charge in [0.1, 0.15) is 11.7 Å². The van der Waals surface area contributed by atoms with E-state index in [1.165, 1.54) is 12.2 Å². The quantitative estimate of drug-likeness (QED) is 0.487. The van der Waals surface area contributed by atoms with Crippen molar-refractivity contribution in [3.05, 3.63) is 35.5 Å². The van der Waals surface area contributed by atoms with Crippen LogP contribution in [0.3, 0.4) is 0 Å². The van der Waals surface area contributed by atoms with E-state index < -0.39 is 11.7 Å². The van der Waals surface area contributed by atoms with Crippen LogP contribution in [0.4, 0.5) is 8.78 Å². The average molecular weight is 142 g/mol. The first-order chi connectivity index (χ1) is 4.68. The first-order valence-electron chi connectivity index (χ1n) is 3.07. The van der Waals surface area contributed by atoms with Crippen LogP contribution in [0, 0.1) is 0 Å². The first kappa shape index (κ1) is 7.19. The Labute approximate surface area is 58.6 Å². The lowest BCUT2D eigenvalue weighted by Gasteiger charge is -1.89. The Bertz CT molecular complexity index is 221. The average Bonchev–Trinajstić information content (AvgIpc) is 1.93. The van der Waals surface area contributed by atoms with Crippen LogP contribution in [0.25, 0.3) is 0 Å². The summed E-state index contributed by atoms with van der Waals surface area (Å²) in [5.41, 5.74) is 0.741. The van der Waals surface area contributed by atoms with Crippen molar-refractivity contribution in [2.45, 2.75) is 13.3 Å². The topological polar surface area (TPSA) is 0 Å². The van der Waals surface area contributed by atoms with E-state index in [-0.39, 0.29) is 6.42 Å². The summed E-state index contributed by atoms with van der Waals surface area (Å²) in [5, 5.41) is 0. The van der Waals surface area contributed by atoms with Crippen LogP contribution in [0.15, 0.2) is 35.5 Å². The smallest absolute Gasteiger partial charge is 0.107 e. The van der Waals surface area contributed by atoms with Gasteiger partial charge in [-0.3, -0.25) is 0 Å².